The van der Waals surface area contributed by atoms with Crippen molar-refractivity contribution in [1.82, 2.24) is 0 Å². The van der Waals surface area contributed by atoms with Crippen molar-refractivity contribution in [3.05, 3.63) is 40.7 Å². The molecule has 0 aromatic rings. The zero-order valence-corrected chi connectivity index (χ0v) is 36.1. The Morgan fingerprint density at radius 1 is 0.868 bits per heavy atom. The third kappa shape index (κ3) is 8.42. The van der Waals surface area contributed by atoms with E-state index < -0.39 is 22.1 Å². The van der Waals surface area contributed by atoms with Gasteiger partial charge in [-0.2, -0.15) is 6.20 Å². The van der Waals surface area contributed by atoms with Crippen LogP contribution in [0.2, 0.25) is 0 Å². The summed E-state index contributed by atoms with van der Waals surface area (Å²) in [4.78, 5) is 0. The van der Waals surface area contributed by atoms with Gasteiger partial charge in [-0.25, -0.2) is 0 Å². The van der Waals surface area contributed by atoms with E-state index in [1.807, 2.05) is 6.20 Å². The topological polar surface area (TPSA) is 61.7 Å². The van der Waals surface area contributed by atoms with Gasteiger partial charge in [-0.1, -0.05) is 62.5 Å². The zero-order valence-electron chi connectivity index (χ0n) is 23.6. The van der Waals surface area contributed by atoms with Crippen LogP contribution < -0.4 is 0 Å². The molecule has 5 aliphatic rings. The van der Waals surface area contributed by atoms with Crippen LogP contribution in [-0.2, 0) is 49.8 Å². The normalized spacial score (nSPS) is 32.7. The molecule has 7 heteroatoms. The monoisotopic (exact) mass is 932 g/mol. The maximum Gasteiger partial charge on any atom is 1.00 e. The summed E-state index contributed by atoms with van der Waals surface area (Å²) in [5, 5.41) is 8.76. The molecule has 6 atom stereocenters. The molecule has 2 N–H and O–H groups in total. The second-order valence-corrected chi connectivity index (χ2v) is 19.3. The number of hydrogen-bond donors (Lipinski definition) is 0. The molecular formula is C31H44Cl2Hg2N3-2. The molecule has 3 saturated carbocycles. The first-order valence-electron chi connectivity index (χ1n) is 14.5. The SMILES string of the molecule is CCC1(CC)C2CC(C#CC3=CC[N-]C=C3)CCC2C2CCC(C#CC3CC[N-]CC3)CC21.[Cl][Hg][Cl].[Hg+].[NH2-]. The van der Waals surface area contributed by atoms with E-state index in [-0.39, 0.29) is 33.8 Å². The second kappa shape index (κ2) is 17.7. The standard InChI is InChI=1S/C31H42N2.2ClH.2Hg.H2N/c1-3-31(4-2)29-21-25(7-5-23-13-17-32-18-14-23)9-11-27(29)28-12-10-26(22-30(28)31)8-6-24-15-19-33-20-16-24;;;;;/h13-14,17,24-30H,3-4,9-12,15-16,18-22H2,1-2H3;2*1H;;;1H2/q-2;;;+1;+2;-1/p-2. The van der Waals surface area contributed by atoms with E-state index in [1.165, 1.54) is 64.2 Å². The fourth-order valence-electron chi connectivity index (χ4n) is 8.39. The number of halogens is 2. The Labute approximate surface area is 272 Å². The Balaban J connectivity index is 0.000000969. The second-order valence-electron chi connectivity index (χ2n) is 11.4. The van der Waals surface area contributed by atoms with Crippen molar-refractivity contribution in [2.24, 2.45) is 46.8 Å². The molecule has 203 valence electrons. The van der Waals surface area contributed by atoms with E-state index in [4.69, 9.17) is 16.5 Å². The van der Waals surface area contributed by atoms with E-state index in [0.717, 1.165) is 48.9 Å². The summed E-state index contributed by atoms with van der Waals surface area (Å²) >= 11 is -1.14. The maximum atomic E-state index is 4.99. The van der Waals surface area contributed by atoms with Crippen LogP contribution in [0, 0.1) is 70.5 Å². The van der Waals surface area contributed by atoms with Gasteiger partial charge in [0.2, 0.25) is 0 Å². The summed E-state index contributed by atoms with van der Waals surface area (Å²) in [7, 11) is 9.97. The largest absolute Gasteiger partial charge is 1.00 e. The van der Waals surface area contributed by atoms with Crippen LogP contribution in [-0.4, -0.2) is 19.6 Å². The molecule has 1 radical (unpaired) electrons. The summed E-state index contributed by atoms with van der Waals surface area (Å²) < 4.78 is 0. The molecule has 0 amide bonds. The molecule has 0 aromatic carbocycles. The zero-order chi connectivity index (χ0) is 25.4. The van der Waals surface area contributed by atoms with Crippen LogP contribution in [0.5, 0.6) is 0 Å². The first-order chi connectivity index (χ1) is 17.6. The van der Waals surface area contributed by atoms with E-state index in [0.29, 0.717) is 23.2 Å². The molecule has 2 aliphatic heterocycles. The predicted molar refractivity (Wildman–Crippen MR) is 155 cm³/mol. The average molecular weight is 931 g/mol. The van der Waals surface area contributed by atoms with Gasteiger partial charge >= 0.3 is 66.3 Å². The van der Waals surface area contributed by atoms with Gasteiger partial charge in [0.25, 0.3) is 0 Å². The molecule has 5 rings (SSSR count). The first kappa shape index (κ1) is 35.0. The summed E-state index contributed by atoms with van der Waals surface area (Å²) in [6.45, 7) is 7.81. The molecule has 2 heterocycles. The molecule has 0 spiro atoms. The third-order valence-electron chi connectivity index (χ3n) is 10.1. The van der Waals surface area contributed by atoms with E-state index >= 15 is 0 Å². The fraction of sp³-hybridized carbons (Fsp3) is 0.742. The van der Waals surface area contributed by atoms with Gasteiger partial charge in [0, 0.05) is 23.3 Å². The molecular weight excluding hydrogens is 886 g/mol. The van der Waals surface area contributed by atoms with Crippen LogP contribution >= 0.6 is 16.5 Å². The summed E-state index contributed by atoms with van der Waals surface area (Å²) in [5.41, 5.74) is 1.68. The minimum absolute atomic E-state index is 0. The molecule has 4 fully saturated rings. The van der Waals surface area contributed by atoms with Crippen LogP contribution in [0.25, 0.3) is 16.8 Å². The van der Waals surface area contributed by atoms with E-state index in [2.05, 4.69) is 60.3 Å². The van der Waals surface area contributed by atoms with Crippen LogP contribution in [0.1, 0.15) is 78.1 Å². The number of rotatable bonds is 2. The quantitative estimate of drug-likeness (QED) is 0.196. The van der Waals surface area contributed by atoms with Gasteiger partial charge in [0.1, 0.15) is 0 Å². The Kier molecular flexibility index (Phi) is 16.3. The van der Waals surface area contributed by atoms with Gasteiger partial charge in [-0.15, -0.1) is 19.6 Å². The average Bonchev–Trinajstić information content (AvgIpc) is 3.21. The van der Waals surface area contributed by atoms with Crippen molar-refractivity contribution < 1.29 is 49.8 Å². The molecule has 1 saturated heterocycles. The molecule has 0 aromatic heterocycles. The van der Waals surface area contributed by atoms with E-state index in [9.17, 15) is 0 Å². The summed E-state index contributed by atoms with van der Waals surface area (Å²) in [6, 6.07) is 0. The maximum absolute atomic E-state index is 4.99. The number of piperidine rings is 1. The van der Waals surface area contributed by atoms with Crippen molar-refractivity contribution in [3.63, 3.8) is 0 Å². The molecule has 0 bridgehead atoms. The molecule has 6 unspecified atom stereocenters. The minimum Gasteiger partial charge on any atom is -0.693 e. The Morgan fingerprint density at radius 2 is 1.42 bits per heavy atom. The fourth-order valence-corrected chi connectivity index (χ4v) is 8.39. The van der Waals surface area contributed by atoms with E-state index in [1.54, 1.807) is 0 Å². The van der Waals surface area contributed by atoms with Crippen LogP contribution in [0.15, 0.2) is 23.9 Å². The van der Waals surface area contributed by atoms with Crippen molar-refractivity contribution >= 4 is 16.5 Å². The number of nitrogens with two attached hydrogens (primary N) is 1. The molecule has 3 nitrogen and oxygen atoms in total. The Hall–Kier alpha value is 0.770. The smallest absolute Gasteiger partial charge is 0.693 e. The van der Waals surface area contributed by atoms with Gasteiger partial charge in [-0.3, -0.25) is 0 Å². The van der Waals surface area contributed by atoms with Crippen LogP contribution in [0.4, 0.5) is 0 Å². The predicted octanol–water partition coefficient (Wildman–Crippen LogP) is 9.58. The summed E-state index contributed by atoms with van der Waals surface area (Å²) in [5.74, 6) is 20.1. The minimum atomic E-state index is -1.14. The van der Waals surface area contributed by atoms with Crippen LogP contribution in [0.3, 0.4) is 0 Å². The number of hydrogen-bond acceptors (Lipinski definition) is 0. The number of fused-ring (bicyclic) bond motifs is 3. The van der Waals surface area contributed by atoms with Crippen molar-refractivity contribution in [2.75, 3.05) is 19.6 Å². The Bertz CT molecular complexity index is 906. The van der Waals surface area contributed by atoms with Gasteiger partial charge in [0.05, 0.1) is 0 Å². The first-order valence-corrected chi connectivity index (χ1v) is 28.0. The van der Waals surface area contributed by atoms with Crippen molar-refractivity contribution in [3.8, 4) is 23.7 Å². The van der Waals surface area contributed by atoms with Gasteiger partial charge < -0.3 is 16.8 Å². The molecule has 38 heavy (non-hydrogen) atoms. The Morgan fingerprint density at radius 3 is 1.95 bits per heavy atom. The van der Waals surface area contributed by atoms with Crippen molar-refractivity contribution in [1.29, 1.82) is 0 Å². The number of nitrogens with zero attached hydrogens (tertiary/aromatic N) is 2. The third-order valence-corrected chi connectivity index (χ3v) is 10.1. The molecule has 3 aliphatic carbocycles. The van der Waals surface area contributed by atoms with Crippen molar-refractivity contribution in [2.45, 2.75) is 78.1 Å². The summed E-state index contributed by atoms with van der Waals surface area (Å²) in [6.07, 6.45) is 19.3. The van der Waals surface area contributed by atoms with Gasteiger partial charge in [-0.05, 0) is 80.5 Å². The van der Waals surface area contributed by atoms with Gasteiger partial charge in [0.15, 0.2) is 0 Å². The number of allylic oxidation sites excluding steroid dienone is 2.